The largest absolute Gasteiger partial charge is 0.350 e. The van der Waals surface area contributed by atoms with E-state index >= 15 is 0 Å². The zero-order chi connectivity index (χ0) is 19.2. The van der Waals surface area contributed by atoms with Crippen LogP contribution < -0.4 is 5.32 Å². The number of rotatable bonds is 5. The summed E-state index contributed by atoms with van der Waals surface area (Å²) >= 11 is 0. The summed E-state index contributed by atoms with van der Waals surface area (Å²) in [7, 11) is 0. The molecule has 5 heteroatoms. The molecule has 0 unspecified atom stereocenters. The van der Waals surface area contributed by atoms with E-state index in [1.807, 2.05) is 61.7 Å². The predicted molar refractivity (Wildman–Crippen MR) is 113 cm³/mol. The van der Waals surface area contributed by atoms with Crippen LogP contribution in [0.25, 0.3) is 16.9 Å². The van der Waals surface area contributed by atoms with Gasteiger partial charge in [0.2, 0.25) is 0 Å². The molecule has 0 amide bonds. The fraction of sp³-hybridized carbons (Fsp3) is 0.286. The lowest BCUT2D eigenvalue weighted by atomic mass is 10.1. The standard InChI is InChI=1S/C14H13N5.C5H10.C2H6/c1-15-10-17-14-13(11-5-3-2-4-6-11)18-12-9-16-7-8-19(12)14;1-3-5-4-2;1-2/h2-9,17H,1,10H2;3,5H,4H2,1-2H3;1-2H3/b;5-3-;. The van der Waals surface area contributed by atoms with E-state index in [0.29, 0.717) is 6.67 Å². The van der Waals surface area contributed by atoms with Crippen LogP contribution in [-0.4, -0.2) is 27.8 Å². The van der Waals surface area contributed by atoms with Crippen molar-refractivity contribution in [2.24, 2.45) is 4.99 Å². The molecule has 0 spiro atoms. The second kappa shape index (κ2) is 12.4. The minimum atomic E-state index is 0.440. The van der Waals surface area contributed by atoms with Gasteiger partial charge in [0.25, 0.3) is 0 Å². The van der Waals surface area contributed by atoms with Crippen LogP contribution in [0.15, 0.2) is 66.1 Å². The topological polar surface area (TPSA) is 54.6 Å². The van der Waals surface area contributed by atoms with E-state index in [9.17, 15) is 0 Å². The number of anilines is 1. The lowest BCUT2D eigenvalue weighted by Crippen LogP contribution is -2.02. The highest BCUT2D eigenvalue weighted by atomic mass is 15.2. The molecule has 0 atom stereocenters. The molecule has 3 aromatic rings. The van der Waals surface area contributed by atoms with E-state index in [4.69, 9.17) is 0 Å². The van der Waals surface area contributed by atoms with Gasteiger partial charge in [0.1, 0.15) is 18.2 Å². The Labute approximate surface area is 156 Å². The van der Waals surface area contributed by atoms with Gasteiger partial charge < -0.3 is 5.32 Å². The third-order valence-corrected chi connectivity index (χ3v) is 3.31. The van der Waals surface area contributed by atoms with Crippen LogP contribution in [0.3, 0.4) is 0 Å². The van der Waals surface area contributed by atoms with Gasteiger partial charge in [0.05, 0.1) is 6.20 Å². The molecule has 0 saturated carbocycles. The Morgan fingerprint density at radius 3 is 2.54 bits per heavy atom. The fourth-order valence-electron chi connectivity index (χ4n) is 2.24. The van der Waals surface area contributed by atoms with Crippen LogP contribution in [-0.2, 0) is 0 Å². The average molecular weight is 351 g/mol. The van der Waals surface area contributed by atoms with E-state index in [1.54, 1.807) is 12.4 Å². The average Bonchev–Trinajstić information content (AvgIpc) is 3.08. The maximum absolute atomic E-state index is 4.61. The monoisotopic (exact) mass is 351 g/mol. The fourth-order valence-corrected chi connectivity index (χ4v) is 2.24. The van der Waals surface area contributed by atoms with Crippen molar-refractivity contribution in [2.75, 3.05) is 12.0 Å². The molecule has 0 radical (unpaired) electrons. The number of hydrogen-bond acceptors (Lipinski definition) is 4. The molecule has 5 nitrogen and oxygen atoms in total. The lowest BCUT2D eigenvalue weighted by Gasteiger charge is -2.05. The van der Waals surface area contributed by atoms with Crippen LogP contribution >= 0.6 is 0 Å². The van der Waals surface area contributed by atoms with Crippen molar-refractivity contribution in [2.45, 2.75) is 34.1 Å². The molecule has 0 bridgehead atoms. The molecule has 0 aliphatic heterocycles. The van der Waals surface area contributed by atoms with E-state index in [0.717, 1.165) is 29.1 Å². The number of nitrogens with one attached hydrogen (secondary N) is 1. The molecule has 26 heavy (non-hydrogen) atoms. The highest BCUT2D eigenvalue weighted by Gasteiger charge is 2.12. The zero-order valence-corrected chi connectivity index (χ0v) is 16.2. The first-order valence-corrected chi connectivity index (χ1v) is 8.96. The second-order valence-corrected chi connectivity index (χ2v) is 5.02. The van der Waals surface area contributed by atoms with Crippen LogP contribution in [0.4, 0.5) is 5.82 Å². The molecule has 2 aromatic heterocycles. The quantitative estimate of drug-likeness (QED) is 0.490. The normalized spacial score (nSPS) is 9.85. The van der Waals surface area contributed by atoms with Gasteiger partial charge in [0, 0.05) is 18.0 Å². The van der Waals surface area contributed by atoms with Crippen molar-refractivity contribution in [3.8, 4) is 11.3 Å². The minimum absolute atomic E-state index is 0.440. The van der Waals surface area contributed by atoms with E-state index in [-0.39, 0.29) is 0 Å². The van der Waals surface area contributed by atoms with E-state index < -0.39 is 0 Å². The number of aliphatic imine (C=N–C) groups is 1. The van der Waals surface area contributed by atoms with Gasteiger partial charge >= 0.3 is 0 Å². The van der Waals surface area contributed by atoms with Crippen LogP contribution in [0.2, 0.25) is 0 Å². The first-order chi connectivity index (χ1) is 12.8. The van der Waals surface area contributed by atoms with Gasteiger partial charge in [-0.05, 0) is 20.1 Å². The molecule has 3 rings (SSSR count). The number of aromatic nitrogens is 3. The second-order valence-electron chi connectivity index (χ2n) is 5.02. The van der Waals surface area contributed by atoms with Crippen LogP contribution in [0, 0.1) is 0 Å². The highest BCUT2D eigenvalue weighted by Crippen LogP contribution is 2.27. The third kappa shape index (κ3) is 5.84. The Kier molecular flexibility index (Phi) is 10.1. The minimum Gasteiger partial charge on any atom is -0.350 e. The molecular formula is C21H29N5. The molecule has 0 aliphatic rings. The molecule has 1 aromatic carbocycles. The molecule has 0 fully saturated rings. The Balaban J connectivity index is 0.000000420. The number of benzene rings is 1. The van der Waals surface area contributed by atoms with Crippen molar-refractivity contribution < 1.29 is 0 Å². The van der Waals surface area contributed by atoms with Crippen molar-refractivity contribution >= 4 is 18.2 Å². The summed E-state index contributed by atoms with van der Waals surface area (Å²) < 4.78 is 1.96. The Bertz CT molecular complexity index is 791. The van der Waals surface area contributed by atoms with Gasteiger partial charge in [-0.25, -0.2) is 4.98 Å². The molecule has 0 saturated heterocycles. The summed E-state index contributed by atoms with van der Waals surface area (Å²) in [4.78, 5) is 12.5. The van der Waals surface area contributed by atoms with Crippen LogP contribution in [0.1, 0.15) is 34.1 Å². The third-order valence-electron chi connectivity index (χ3n) is 3.31. The summed E-state index contributed by atoms with van der Waals surface area (Å²) in [6, 6.07) is 10.0. The van der Waals surface area contributed by atoms with Crippen molar-refractivity contribution in [3.63, 3.8) is 0 Å². The van der Waals surface area contributed by atoms with Gasteiger partial charge in [-0.1, -0.05) is 63.3 Å². The summed E-state index contributed by atoms with van der Waals surface area (Å²) in [5, 5.41) is 3.23. The Morgan fingerprint density at radius 2 is 1.96 bits per heavy atom. The van der Waals surface area contributed by atoms with Crippen molar-refractivity contribution in [3.05, 3.63) is 61.1 Å². The predicted octanol–water partition coefficient (Wildman–Crippen LogP) is 5.47. The molecule has 1 N–H and O–H groups in total. The number of nitrogens with zero attached hydrogens (tertiary/aromatic N) is 4. The van der Waals surface area contributed by atoms with Gasteiger partial charge in [0.15, 0.2) is 5.65 Å². The van der Waals surface area contributed by atoms with E-state index in [1.165, 1.54) is 0 Å². The van der Waals surface area contributed by atoms with Gasteiger partial charge in [-0.15, -0.1) is 0 Å². The van der Waals surface area contributed by atoms with Crippen molar-refractivity contribution in [1.82, 2.24) is 14.4 Å². The Morgan fingerprint density at radius 1 is 1.23 bits per heavy atom. The van der Waals surface area contributed by atoms with Gasteiger partial charge in [-0.2, -0.15) is 0 Å². The number of fused-ring (bicyclic) bond motifs is 1. The summed E-state index contributed by atoms with van der Waals surface area (Å²) in [6.07, 6.45) is 10.7. The highest BCUT2D eigenvalue weighted by molar-refractivity contribution is 5.76. The first-order valence-electron chi connectivity index (χ1n) is 8.96. The maximum Gasteiger partial charge on any atom is 0.157 e. The molecular weight excluding hydrogens is 322 g/mol. The first kappa shape index (κ1) is 21.1. The number of hydrogen-bond donors (Lipinski definition) is 1. The van der Waals surface area contributed by atoms with Crippen molar-refractivity contribution in [1.29, 1.82) is 0 Å². The summed E-state index contributed by atoms with van der Waals surface area (Å²) in [5.41, 5.74) is 2.74. The van der Waals surface area contributed by atoms with Gasteiger partial charge in [-0.3, -0.25) is 14.4 Å². The lowest BCUT2D eigenvalue weighted by molar-refractivity contribution is 1.07. The maximum atomic E-state index is 4.61. The Hall–Kier alpha value is -2.95. The smallest absolute Gasteiger partial charge is 0.157 e. The van der Waals surface area contributed by atoms with Crippen LogP contribution in [0.5, 0.6) is 0 Å². The molecule has 138 valence electrons. The summed E-state index contributed by atoms with van der Waals surface area (Å²) in [6.45, 7) is 12.1. The molecule has 0 aliphatic carbocycles. The SMILES string of the molecule is C/C=C\CC.C=NCNc1c(-c2ccccc2)nc2cnccn12.CC. The summed E-state index contributed by atoms with van der Waals surface area (Å²) in [5.74, 6) is 0.899. The zero-order valence-electron chi connectivity index (χ0n) is 16.2. The molecule has 2 heterocycles. The number of imidazole rings is 1. The number of allylic oxidation sites excluding steroid dienone is 2. The van der Waals surface area contributed by atoms with E-state index in [2.05, 4.69) is 46.1 Å².